The van der Waals surface area contributed by atoms with Crippen LogP contribution in [0.15, 0.2) is 0 Å². The van der Waals surface area contributed by atoms with Crippen molar-refractivity contribution in [3.05, 3.63) is 0 Å². The molecule has 6 heteroatoms. The van der Waals surface area contributed by atoms with E-state index in [1.165, 1.54) is 18.7 Å². The van der Waals surface area contributed by atoms with Crippen LogP contribution >= 0.6 is 0 Å². The average Bonchev–Trinajstić information content (AvgIpc) is 2.33. The van der Waals surface area contributed by atoms with Gasteiger partial charge < -0.3 is 14.4 Å². The SMILES string of the molecule is CC(=O)OC[C@H](C(C)C)N(C)C(=O)[C@H](OC(C)=O)C(C)C. The minimum atomic E-state index is -0.828. The number of amides is 1. The normalized spacial score (nSPS) is 13.8. The molecule has 0 bridgehead atoms. The predicted octanol–water partition coefficient (Wildman–Crippen LogP) is 1.62. The van der Waals surface area contributed by atoms with Gasteiger partial charge in [0.15, 0.2) is 6.10 Å². The Morgan fingerprint density at radius 3 is 1.81 bits per heavy atom. The van der Waals surface area contributed by atoms with E-state index < -0.39 is 12.1 Å². The first-order chi connectivity index (χ1) is 9.57. The molecule has 0 heterocycles. The number of rotatable bonds is 7. The van der Waals surface area contributed by atoms with Gasteiger partial charge in [-0.05, 0) is 11.8 Å². The Morgan fingerprint density at radius 1 is 0.952 bits per heavy atom. The summed E-state index contributed by atoms with van der Waals surface area (Å²) in [5.41, 5.74) is 0. The first-order valence-electron chi connectivity index (χ1n) is 7.15. The summed E-state index contributed by atoms with van der Waals surface area (Å²) in [6.07, 6.45) is -0.828. The molecular formula is C15H27NO5. The number of carbonyl (C=O) groups is 3. The minimum Gasteiger partial charge on any atom is -0.464 e. The summed E-state index contributed by atoms with van der Waals surface area (Å²) in [6.45, 7) is 10.2. The van der Waals surface area contributed by atoms with E-state index in [1.54, 1.807) is 7.05 Å². The van der Waals surface area contributed by atoms with Gasteiger partial charge in [-0.3, -0.25) is 14.4 Å². The topological polar surface area (TPSA) is 72.9 Å². The van der Waals surface area contributed by atoms with E-state index in [-0.39, 0.29) is 36.4 Å². The third-order valence-electron chi connectivity index (χ3n) is 3.21. The highest BCUT2D eigenvalue weighted by molar-refractivity contribution is 5.83. The lowest BCUT2D eigenvalue weighted by atomic mass is 10.0. The Labute approximate surface area is 126 Å². The maximum atomic E-state index is 12.5. The van der Waals surface area contributed by atoms with E-state index in [1.807, 2.05) is 27.7 Å². The largest absolute Gasteiger partial charge is 0.464 e. The van der Waals surface area contributed by atoms with Gasteiger partial charge in [0.2, 0.25) is 0 Å². The van der Waals surface area contributed by atoms with Gasteiger partial charge in [-0.1, -0.05) is 27.7 Å². The molecule has 0 aliphatic rings. The monoisotopic (exact) mass is 301 g/mol. The lowest BCUT2D eigenvalue weighted by Gasteiger charge is -2.34. The Balaban J connectivity index is 5.02. The van der Waals surface area contributed by atoms with Crippen LogP contribution in [0.25, 0.3) is 0 Å². The van der Waals surface area contributed by atoms with E-state index in [4.69, 9.17) is 9.47 Å². The summed E-state index contributed by atoms with van der Waals surface area (Å²) < 4.78 is 10.1. The summed E-state index contributed by atoms with van der Waals surface area (Å²) in [5, 5.41) is 0. The summed E-state index contributed by atoms with van der Waals surface area (Å²) in [7, 11) is 1.63. The van der Waals surface area contributed by atoms with Crippen LogP contribution in [0.3, 0.4) is 0 Å². The average molecular weight is 301 g/mol. The third kappa shape index (κ3) is 6.60. The number of likely N-dealkylation sites (N-methyl/N-ethyl adjacent to an activating group) is 1. The van der Waals surface area contributed by atoms with Crippen molar-refractivity contribution in [2.75, 3.05) is 13.7 Å². The van der Waals surface area contributed by atoms with Crippen LogP contribution in [0.2, 0.25) is 0 Å². The Morgan fingerprint density at radius 2 is 1.48 bits per heavy atom. The van der Waals surface area contributed by atoms with Crippen molar-refractivity contribution in [1.29, 1.82) is 0 Å². The fourth-order valence-corrected chi connectivity index (χ4v) is 1.97. The van der Waals surface area contributed by atoms with Gasteiger partial charge in [-0.2, -0.15) is 0 Å². The molecule has 0 aromatic rings. The van der Waals surface area contributed by atoms with Crippen molar-refractivity contribution in [2.24, 2.45) is 11.8 Å². The highest BCUT2D eigenvalue weighted by atomic mass is 16.5. The lowest BCUT2D eigenvalue weighted by molar-refractivity contribution is -0.163. The van der Waals surface area contributed by atoms with E-state index in [2.05, 4.69) is 0 Å². The van der Waals surface area contributed by atoms with Crippen LogP contribution in [0.4, 0.5) is 0 Å². The molecule has 0 aliphatic carbocycles. The van der Waals surface area contributed by atoms with Gasteiger partial charge in [0.1, 0.15) is 6.61 Å². The van der Waals surface area contributed by atoms with Gasteiger partial charge in [0.05, 0.1) is 6.04 Å². The van der Waals surface area contributed by atoms with Gasteiger partial charge in [0.25, 0.3) is 5.91 Å². The lowest BCUT2D eigenvalue weighted by Crippen LogP contribution is -2.50. The molecule has 122 valence electrons. The second-order valence-corrected chi connectivity index (χ2v) is 5.84. The molecule has 0 unspecified atom stereocenters. The van der Waals surface area contributed by atoms with Gasteiger partial charge in [-0.25, -0.2) is 0 Å². The second-order valence-electron chi connectivity index (χ2n) is 5.84. The molecule has 2 atom stereocenters. The maximum Gasteiger partial charge on any atom is 0.303 e. The Kier molecular flexibility index (Phi) is 7.99. The van der Waals surface area contributed by atoms with Crippen molar-refractivity contribution in [1.82, 2.24) is 4.90 Å². The molecule has 0 saturated heterocycles. The molecule has 0 spiro atoms. The smallest absolute Gasteiger partial charge is 0.303 e. The van der Waals surface area contributed by atoms with Crippen LogP contribution in [0.1, 0.15) is 41.5 Å². The number of ether oxygens (including phenoxy) is 2. The first kappa shape index (κ1) is 19.4. The molecule has 0 aromatic heterocycles. The van der Waals surface area contributed by atoms with Gasteiger partial charge in [-0.15, -0.1) is 0 Å². The van der Waals surface area contributed by atoms with Crippen LogP contribution < -0.4 is 0 Å². The first-order valence-corrected chi connectivity index (χ1v) is 7.15. The quantitative estimate of drug-likeness (QED) is 0.668. The number of nitrogens with zero attached hydrogens (tertiary/aromatic N) is 1. The molecule has 6 nitrogen and oxygen atoms in total. The zero-order valence-corrected chi connectivity index (χ0v) is 14.0. The van der Waals surface area contributed by atoms with Crippen LogP contribution in [-0.2, 0) is 23.9 Å². The summed E-state index contributed by atoms with van der Waals surface area (Å²) >= 11 is 0. The van der Waals surface area contributed by atoms with E-state index in [0.717, 1.165) is 0 Å². The van der Waals surface area contributed by atoms with E-state index in [9.17, 15) is 14.4 Å². The van der Waals surface area contributed by atoms with E-state index in [0.29, 0.717) is 0 Å². The molecule has 1 amide bonds. The molecule has 0 fully saturated rings. The summed E-state index contributed by atoms with van der Waals surface area (Å²) in [6, 6.07) is -0.266. The molecule has 0 N–H and O–H groups in total. The van der Waals surface area contributed by atoms with Crippen molar-refractivity contribution < 1.29 is 23.9 Å². The van der Waals surface area contributed by atoms with Crippen LogP contribution in [-0.4, -0.2) is 48.5 Å². The predicted molar refractivity (Wildman–Crippen MR) is 78.4 cm³/mol. The Hall–Kier alpha value is -1.59. The fraction of sp³-hybridized carbons (Fsp3) is 0.800. The number of hydrogen-bond acceptors (Lipinski definition) is 5. The summed E-state index contributed by atoms with van der Waals surface area (Å²) in [4.78, 5) is 36.1. The molecule has 0 rings (SSSR count). The van der Waals surface area contributed by atoms with Gasteiger partial charge in [0, 0.05) is 20.9 Å². The third-order valence-corrected chi connectivity index (χ3v) is 3.21. The molecule has 0 saturated carbocycles. The standard InChI is InChI=1S/C15H27NO5/c1-9(2)13(8-20-11(5)17)16(7)15(19)14(10(3)4)21-12(6)18/h9-10,13-14H,8H2,1-7H3/t13-,14-/m1/s1. The zero-order valence-electron chi connectivity index (χ0n) is 14.0. The Bertz CT molecular complexity index is 378. The van der Waals surface area contributed by atoms with Crippen molar-refractivity contribution in [3.63, 3.8) is 0 Å². The molecule has 0 aromatic carbocycles. The van der Waals surface area contributed by atoms with E-state index >= 15 is 0 Å². The highest BCUT2D eigenvalue weighted by Crippen LogP contribution is 2.16. The number of carbonyl (C=O) groups excluding carboxylic acids is 3. The second kappa shape index (κ2) is 8.64. The zero-order chi connectivity index (χ0) is 16.7. The molecule has 0 radical (unpaired) electrons. The number of hydrogen-bond donors (Lipinski definition) is 0. The maximum absolute atomic E-state index is 12.5. The minimum absolute atomic E-state index is 0.100. The van der Waals surface area contributed by atoms with Crippen LogP contribution in [0.5, 0.6) is 0 Å². The van der Waals surface area contributed by atoms with Crippen molar-refractivity contribution in [3.8, 4) is 0 Å². The highest BCUT2D eigenvalue weighted by Gasteiger charge is 2.33. The van der Waals surface area contributed by atoms with Crippen molar-refractivity contribution >= 4 is 17.8 Å². The van der Waals surface area contributed by atoms with Crippen LogP contribution in [0, 0.1) is 11.8 Å². The molecule has 21 heavy (non-hydrogen) atoms. The molecule has 0 aliphatic heterocycles. The number of esters is 2. The van der Waals surface area contributed by atoms with Crippen molar-refractivity contribution in [2.45, 2.75) is 53.7 Å². The summed E-state index contributed by atoms with van der Waals surface area (Å²) in [5.74, 6) is -1.20. The fourth-order valence-electron chi connectivity index (χ4n) is 1.97. The molecular weight excluding hydrogens is 274 g/mol. The van der Waals surface area contributed by atoms with Gasteiger partial charge >= 0.3 is 11.9 Å².